The maximum atomic E-state index is 14.9. The van der Waals surface area contributed by atoms with E-state index in [1.165, 1.54) is 23.3 Å². The number of hydrogen-bond acceptors (Lipinski definition) is 8. The summed E-state index contributed by atoms with van der Waals surface area (Å²) >= 11 is 0. The minimum absolute atomic E-state index is 0.00106. The molecule has 0 unspecified atom stereocenters. The number of aliphatic hydroxyl groups excluding tert-OH is 1. The Morgan fingerprint density at radius 1 is 1.35 bits per heavy atom. The van der Waals surface area contributed by atoms with Crippen LogP contribution in [0.5, 0.6) is 5.88 Å². The van der Waals surface area contributed by atoms with E-state index < -0.39 is 50.5 Å². The quantitative estimate of drug-likeness (QED) is 0.555. The molecule has 2 aliphatic rings. The van der Waals surface area contributed by atoms with Crippen molar-refractivity contribution < 1.29 is 42.0 Å². The van der Waals surface area contributed by atoms with Crippen LogP contribution in [-0.2, 0) is 14.1 Å². The molecular formula is C21H20F2N3O7P. The lowest BCUT2D eigenvalue weighted by Crippen LogP contribution is -2.40. The lowest BCUT2D eigenvalue weighted by atomic mass is 9.97. The fourth-order valence-electron chi connectivity index (χ4n) is 3.76. The van der Waals surface area contributed by atoms with Crippen molar-refractivity contribution in [3.63, 3.8) is 0 Å². The summed E-state index contributed by atoms with van der Waals surface area (Å²) in [5.74, 6) is -2.00. The van der Waals surface area contributed by atoms with Crippen LogP contribution in [0.2, 0.25) is 0 Å². The number of amides is 2. The van der Waals surface area contributed by atoms with Crippen LogP contribution in [0.4, 0.5) is 19.3 Å². The van der Waals surface area contributed by atoms with E-state index in [0.29, 0.717) is 5.57 Å². The van der Waals surface area contributed by atoms with Crippen LogP contribution in [0.15, 0.2) is 35.1 Å². The molecule has 3 heterocycles. The van der Waals surface area contributed by atoms with Gasteiger partial charge in [-0.3, -0.25) is 14.3 Å². The molecule has 1 N–H and O–H groups in total. The molecule has 1 fully saturated rings. The van der Waals surface area contributed by atoms with E-state index in [4.69, 9.17) is 14.6 Å². The average molecular weight is 495 g/mol. The maximum Gasteiger partial charge on any atom is 0.414 e. The van der Waals surface area contributed by atoms with Crippen LogP contribution in [0.25, 0.3) is 5.57 Å². The fourth-order valence-corrected chi connectivity index (χ4v) is 4.08. The molecule has 2 aromatic rings. The van der Waals surface area contributed by atoms with Crippen molar-refractivity contribution in [2.24, 2.45) is 0 Å². The molecule has 0 spiro atoms. The average Bonchev–Trinajstić information content (AvgIpc) is 3.48. The van der Waals surface area contributed by atoms with Crippen LogP contribution in [0.3, 0.4) is 0 Å². The van der Waals surface area contributed by atoms with Gasteiger partial charge in [0, 0.05) is 24.7 Å². The molecule has 0 radical (unpaired) electrons. The van der Waals surface area contributed by atoms with E-state index >= 15 is 0 Å². The zero-order valence-corrected chi connectivity index (χ0v) is 18.6. The van der Waals surface area contributed by atoms with Crippen molar-refractivity contribution in [2.75, 3.05) is 37.7 Å². The minimum Gasteiger partial charge on any atom is -0.471 e. The Labute approximate surface area is 193 Å². The molecule has 0 saturated carbocycles. The highest BCUT2D eigenvalue weighted by atomic mass is 31.1. The molecular weight excluding hydrogens is 475 g/mol. The zero-order valence-electron chi connectivity index (χ0n) is 17.7. The number of anilines is 1. The highest BCUT2D eigenvalue weighted by Gasteiger charge is 2.34. The fraction of sp³-hybridized carbons (Fsp3) is 0.381. The first-order valence-corrected chi connectivity index (χ1v) is 11.2. The largest absolute Gasteiger partial charge is 0.471 e. The molecule has 34 heavy (non-hydrogen) atoms. The summed E-state index contributed by atoms with van der Waals surface area (Å²) in [7, 11) is -0.491. The van der Waals surface area contributed by atoms with Crippen LogP contribution in [0, 0.1) is 11.6 Å². The molecule has 0 bridgehead atoms. The molecule has 10 nitrogen and oxygen atoms in total. The van der Waals surface area contributed by atoms with Gasteiger partial charge in [-0.1, -0.05) is 6.08 Å². The van der Waals surface area contributed by atoms with Crippen LogP contribution in [0.1, 0.15) is 12.0 Å². The third-order valence-corrected chi connectivity index (χ3v) is 6.11. The van der Waals surface area contributed by atoms with E-state index in [1.54, 1.807) is 0 Å². The van der Waals surface area contributed by atoms with Gasteiger partial charge in [-0.25, -0.2) is 13.6 Å². The first kappa shape index (κ1) is 23.8. The molecule has 2 atom stereocenters. The van der Waals surface area contributed by atoms with Crippen molar-refractivity contribution in [3.8, 4) is 5.88 Å². The Kier molecular flexibility index (Phi) is 7.18. The number of benzene rings is 1. The van der Waals surface area contributed by atoms with Gasteiger partial charge < -0.3 is 24.0 Å². The molecule has 1 aromatic carbocycles. The van der Waals surface area contributed by atoms with Gasteiger partial charge in [0.2, 0.25) is 5.91 Å². The van der Waals surface area contributed by atoms with Crippen molar-refractivity contribution in [1.82, 2.24) is 10.1 Å². The lowest BCUT2D eigenvalue weighted by molar-refractivity contribution is -0.130. The Hall–Kier alpha value is -3.37. The number of hydrogen-bond donors (Lipinski definition) is 1. The number of halogens is 2. The Balaban J connectivity index is 1.45. The molecule has 2 aliphatic heterocycles. The van der Waals surface area contributed by atoms with E-state index in [-0.39, 0.29) is 49.8 Å². The number of carbonyl (C=O) groups excluding carboxylic acids is 2. The Morgan fingerprint density at radius 3 is 2.71 bits per heavy atom. The Morgan fingerprint density at radius 2 is 2.12 bits per heavy atom. The zero-order chi connectivity index (χ0) is 24.2. The van der Waals surface area contributed by atoms with Crippen molar-refractivity contribution in [3.05, 3.63) is 47.7 Å². The molecule has 180 valence electrons. The highest BCUT2D eigenvalue weighted by Crippen LogP contribution is 2.32. The third kappa shape index (κ3) is 4.92. The summed E-state index contributed by atoms with van der Waals surface area (Å²) in [5.41, 5.74) is -0.932. The highest BCUT2D eigenvalue weighted by molar-refractivity contribution is 7.26. The summed E-state index contributed by atoms with van der Waals surface area (Å²) in [4.78, 5) is 26.9. The van der Waals surface area contributed by atoms with E-state index in [0.717, 1.165) is 17.0 Å². The summed E-state index contributed by atoms with van der Waals surface area (Å²) in [6, 6.07) is 3.59. The van der Waals surface area contributed by atoms with Gasteiger partial charge in [-0.15, -0.1) is 0 Å². The predicted octanol–water partition coefficient (Wildman–Crippen LogP) is 2.63. The van der Waals surface area contributed by atoms with E-state index in [9.17, 15) is 22.9 Å². The SMILES string of the molecule is O=P[C@@H](CO)C(=O)N1CC=C(c2c(F)cc(N3C[C@H](COc4ccon4)OC3=O)cc2F)CC1. The number of rotatable bonds is 8. The molecule has 0 aliphatic carbocycles. The first-order chi connectivity index (χ1) is 16.4. The van der Waals surface area contributed by atoms with Gasteiger partial charge in [-0.05, 0) is 29.3 Å². The summed E-state index contributed by atoms with van der Waals surface area (Å²) in [6.45, 7) is -0.327. The summed E-state index contributed by atoms with van der Waals surface area (Å²) in [5, 5.41) is 12.7. The summed E-state index contributed by atoms with van der Waals surface area (Å²) in [6.07, 6.45) is 1.57. The van der Waals surface area contributed by atoms with E-state index in [1.807, 2.05) is 0 Å². The van der Waals surface area contributed by atoms with Gasteiger partial charge in [0.05, 0.1) is 18.8 Å². The second-order valence-corrected chi connectivity index (χ2v) is 8.45. The summed E-state index contributed by atoms with van der Waals surface area (Å²) < 4.78 is 56.1. The third-order valence-electron chi connectivity index (χ3n) is 5.47. The van der Waals surface area contributed by atoms with E-state index in [2.05, 4.69) is 9.68 Å². The van der Waals surface area contributed by atoms with Crippen LogP contribution < -0.4 is 9.64 Å². The van der Waals surface area contributed by atoms with Gasteiger partial charge in [0.25, 0.3) is 5.88 Å². The number of cyclic esters (lactones) is 1. The molecule has 4 rings (SSSR count). The van der Waals surface area contributed by atoms with Gasteiger partial charge in [-0.2, -0.15) is 0 Å². The second-order valence-electron chi connectivity index (χ2n) is 7.62. The number of ether oxygens (including phenoxy) is 2. The topological polar surface area (TPSA) is 122 Å². The first-order valence-electron chi connectivity index (χ1n) is 10.3. The van der Waals surface area contributed by atoms with Crippen molar-refractivity contribution in [1.29, 1.82) is 0 Å². The number of aromatic nitrogens is 1. The maximum absolute atomic E-state index is 14.9. The number of carbonyl (C=O) groups is 2. The smallest absolute Gasteiger partial charge is 0.414 e. The molecule has 13 heteroatoms. The standard InChI is InChI=1S/C21H20F2N3O7P/c22-15-7-13(26-9-14(33-21(26)29)11-31-18-3-6-32-24-18)8-16(23)19(15)12-1-4-25(5-2-12)20(28)17(10-27)34-30/h1,3,6-8,14,17,27H,2,4-5,9-11H2/t14-,17+/m1/s1. The van der Waals surface area contributed by atoms with Crippen LogP contribution >= 0.6 is 8.46 Å². The number of nitrogens with zero attached hydrogens (tertiary/aromatic N) is 3. The van der Waals surface area contributed by atoms with Crippen molar-refractivity contribution in [2.45, 2.75) is 18.2 Å². The van der Waals surface area contributed by atoms with Gasteiger partial charge in [0.1, 0.15) is 30.2 Å². The molecule has 1 aromatic heterocycles. The number of aliphatic hydroxyl groups is 1. The normalized spacial score (nSPS) is 19.2. The second kappa shape index (κ2) is 10.3. The molecule has 1 saturated heterocycles. The Bertz CT molecular complexity index is 1090. The van der Waals surface area contributed by atoms with Gasteiger partial charge in [0.15, 0.2) is 14.6 Å². The van der Waals surface area contributed by atoms with Gasteiger partial charge >= 0.3 is 6.09 Å². The molecule has 2 amide bonds. The predicted molar refractivity (Wildman–Crippen MR) is 114 cm³/mol. The lowest BCUT2D eigenvalue weighted by Gasteiger charge is -2.28. The van der Waals surface area contributed by atoms with Crippen molar-refractivity contribution >= 4 is 31.7 Å². The van der Waals surface area contributed by atoms with Crippen LogP contribution in [-0.4, -0.2) is 71.8 Å². The monoisotopic (exact) mass is 495 g/mol. The minimum atomic E-state index is -1.06.